The van der Waals surface area contributed by atoms with Crippen LogP contribution in [0.15, 0.2) is 206 Å². The number of alkyl halides is 3. The maximum atomic E-state index is 14.5. The smallest absolute Gasteiger partial charge is 0.371 e. The maximum Gasteiger partial charge on any atom is 0.534 e. The summed E-state index contributed by atoms with van der Waals surface area (Å²) in [7, 11) is -6.19. The van der Waals surface area contributed by atoms with Crippen LogP contribution in [0.25, 0.3) is 62.6 Å². The average Bonchev–Trinajstić information content (AvgIpc) is 3.92. The first-order valence-electron chi connectivity index (χ1n) is 21.1. The van der Waals surface area contributed by atoms with Gasteiger partial charge in [-0.1, -0.05) is 133 Å². The summed E-state index contributed by atoms with van der Waals surface area (Å²) in [6.07, 6.45) is 5.40. The summed E-state index contributed by atoms with van der Waals surface area (Å²) < 4.78 is 80.1. The Kier molecular flexibility index (Phi) is 11.2. The highest BCUT2D eigenvalue weighted by Gasteiger charge is 2.49. The fourth-order valence-corrected chi connectivity index (χ4v) is 11.5. The average molecular weight is 929 g/mol. The third-order valence-corrected chi connectivity index (χ3v) is 14.9. The second-order valence-electron chi connectivity index (χ2n) is 15.5. The summed E-state index contributed by atoms with van der Waals surface area (Å²) in [6.45, 7) is 3.63. The molecule has 5 nitrogen and oxygen atoms in total. The minimum Gasteiger partial charge on any atom is -0.371 e. The number of nitrogens with zero attached hydrogens (tertiary/aromatic N) is 2. The van der Waals surface area contributed by atoms with Gasteiger partial charge in [-0.15, -0.1) is 22.7 Å². The number of thiophene rings is 2. The lowest BCUT2D eigenvalue weighted by Gasteiger charge is -2.32. The lowest BCUT2D eigenvalue weighted by atomic mass is 10.0. The molecule has 0 N–H and O–H groups in total. The first-order chi connectivity index (χ1) is 32.0. The number of rotatable bonds is 11. The van der Waals surface area contributed by atoms with Crippen LogP contribution < -0.4 is 14.0 Å². The van der Waals surface area contributed by atoms with Gasteiger partial charge in [0.25, 0.3) is 0 Å². The van der Waals surface area contributed by atoms with Crippen molar-refractivity contribution < 1.29 is 25.8 Å². The second-order valence-corrected chi connectivity index (χ2v) is 19.1. The molecule has 0 spiro atoms. The Labute approximate surface area is 388 Å². The molecule has 0 saturated heterocycles. The first kappa shape index (κ1) is 42.8. The summed E-state index contributed by atoms with van der Waals surface area (Å²) in [4.78, 5) is 3.43. The SMILES string of the molecule is C/C=C\C(=C/C)N(c1ccccc1)c1cccc(N(c2ccc(-c3cccc4c3sc3ccccc34)cc2)c2ccc(-c3cccc4c3sc3ccccc34)cc2)c1OS(=O)(=O)C(F)(F)F. The molecule has 8 aromatic carbocycles. The number of para-hydroxylation sites is 2. The fraction of sp³-hybridized carbons (Fsp3) is 0.0545. The molecular weight excluding hydrogens is 890 g/mol. The van der Waals surface area contributed by atoms with E-state index in [1.165, 1.54) is 20.2 Å². The van der Waals surface area contributed by atoms with E-state index in [4.69, 9.17) is 4.18 Å². The number of anilines is 5. The van der Waals surface area contributed by atoms with Crippen LogP contribution in [0.1, 0.15) is 13.8 Å². The van der Waals surface area contributed by atoms with Gasteiger partial charge in [0.1, 0.15) is 0 Å². The lowest BCUT2D eigenvalue weighted by Crippen LogP contribution is -2.29. The fourth-order valence-electron chi connectivity index (χ4n) is 8.54. The normalized spacial score (nSPS) is 12.5. The van der Waals surface area contributed by atoms with E-state index in [-0.39, 0.29) is 11.4 Å². The molecule has 0 fully saturated rings. The Morgan fingerprint density at radius 2 is 1.00 bits per heavy atom. The van der Waals surface area contributed by atoms with Gasteiger partial charge in [0.2, 0.25) is 0 Å². The molecule has 326 valence electrons. The van der Waals surface area contributed by atoms with Gasteiger partial charge in [0.15, 0.2) is 5.75 Å². The summed E-state index contributed by atoms with van der Waals surface area (Å²) in [5, 5.41) is 4.65. The zero-order chi connectivity index (χ0) is 45.6. The van der Waals surface area contributed by atoms with Gasteiger partial charge in [-0.25, -0.2) is 0 Å². The number of hydrogen-bond acceptors (Lipinski definition) is 7. The predicted molar refractivity (Wildman–Crippen MR) is 271 cm³/mol. The highest BCUT2D eigenvalue weighted by atomic mass is 32.2. The minimum atomic E-state index is -6.19. The van der Waals surface area contributed by atoms with Crippen LogP contribution in [0.2, 0.25) is 0 Å². The highest BCUT2D eigenvalue weighted by molar-refractivity contribution is 7.88. The molecule has 0 saturated carbocycles. The molecule has 2 heterocycles. The maximum absolute atomic E-state index is 14.5. The standard InChI is InChI=1S/C55H39F3N2O3S3/c1-3-15-38(4-2)59(39-16-6-5-7-17-39)48-24-14-25-49(52(48)63-66(61,62)55(56,57)58)60(40-32-28-36(29-33-40)42-20-12-22-46-44-18-8-10-26-50(44)64-53(42)46)41-34-30-37(31-35-41)43-21-13-23-47-45-19-9-11-27-51(45)65-54(43)47/h3-35H,1-2H3/b15-3-,38-4+. The van der Waals surface area contributed by atoms with E-state index in [1.54, 1.807) is 100 Å². The van der Waals surface area contributed by atoms with Crippen LogP contribution in [0, 0.1) is 0 Å². The Balaban J connectivity index is 1.18. The molecule has 11 heteroatoms. The molecular formula is C55H39F3N2O3S3. The zero-order valence-corrected chi connectivity index (χ0v) is 38.0. The summed E-state index contributed by atoms with van der Waals surface area (Å²) in [6, 6.07) is 58.5. The summed E-state index contributed by atoms with van der Waals surface area (Å²) in [5.41, 5.74) is 0.612. The van der Waals surface area contributed by atoms with Crippen molar-refractivity contribution in [1.82, 2.24) is 0 Å². The van der Waals surface area contributed by atoms with E-state index in [9.17, 15) is 21.6 Å². The van der Waals surface area contributed by atoms with Gasteiger partial charge in [0, 0.05) is 63.1 Å². The predicted octanol–water partition coefficient (Wildman–Crippen LogP) is 17.1. The van der Waals surface area contributed by atoms with Gasteiger partial charge < -0.3 is 14.0 Å². The van der Waals surface area contributed by atoms with Crippen molar-refractivity contribution in [3.8, 4) is 28.0 Å². The van der Waals surface area contributed by atoms with Gasteiger partial charge in [0.05, 0.1) is 11.4 Å². The van der Waals surface area contributed by atoms with Crippen molar-refractivity contribution in [1.29, 1.82) is 0 Å². The molecule has 0 unspecified atom stereocenters. The molecule has 0 bridgehead atoms. The Bertz CT molecular complexity index is 3440. The Morgan fingerprint density at radius 3 is 1.50 bits per heavy atom. The van der Waals surface area contributed by atoms with Crippen molar-refractivity contribution in [2.45, 2.75) is 19.4 Å². The molecule has 0 aliphatic rings. The Hall–Kier alpha value is -7.18. The van der Waals surface area contributed by atoms with Crippen LogP contribution in [0.5, 0.6) is 5.75 Å². The Morgan fingerprint density at radius 1 is 0.530 bits per heavy atom. The van der Waals surface area contributed by atoms with Crippen molar-refractivity contribution in [3.63, 3.8) is 0 Å². The second kappa shape index (κ2) is 17.3. The molecule has 0 atom stereocenters. The van der Waals surface area contributed by atoms with Crippen LogP contribution in [0.3, 0.4) is 0 Å². The lowest BCUT2D eigenvalue weighted by molar-refractivity contribution is -0.0499. The van der Waals surface area contributed by atoms with Crippen molar-refractivity contribution >= 4 is 102 Å². The number of fused-ring (bicyclic) bond motifs is 6. The third kappa shape index (κ3) is 7.68. The van der Waals surface area contributed by atoms with Crippen LogP contribution in [-0.4, -0.2) is 13.9 Å². The van der Waals surface area contributed by atoms with E-state index in [0.717, 1.165) is 42.4 Å². The quantitative estimate of drug-likeness (QED) is 0.0735. The number of hydrogen-bond donors (Lipinski definition) is 0. The summed E-state index contributed by atoms with van der Waals surface area (Å²) in [5.74, 6) is -0.513. The number of halogens is 3. The minimum absolute atomic E-state index is 0.0657. The molecule has 10 aromatic rings. The molecule has 66 heavy (non-hydrogen) atoms. The molecule has 0 aliphatic heterocycles. The van der Waals surface area contributed by atoms with Crippen molar-refractivity contribution in [2.24, 2.45) is 0 Å². The number of benzene rings is 8. The molecule has 0 aliphatic carbocycles. The van der Waals surface area contributed by atoms with Crippen molar-refractivity contribution in [3.05, 3.63) is 206 Å². The molecule has 2 aromatic heterocycles. The zero-order valence-electron chi connectivity index (χ0n) is 35.5. The van der Waals surface area contributed by atoms with Gasteiger partial charge in [-0.3, -0.25) is 0 Å². The van der Waals surface area contributed by atoms with E-state index in [2.05, 4.69) is 48.5 Å². The van der Waals surface area contributed by atoms with E-state index < -0.39 is 21.4 Å². The largest absolute Gasteiger partial charge is 0.534 e. The van der Waals surface area contributed by atoms with Crippen LogP contribution in [0.4, 0.5) is 41.6 Å². The molecule has 0 radical (unpaired) electrons. The third-order valence-electron chi connectivity index (χ3n) is 11.5. The summed E-state index contributed by atoms with van der Waals surface area (Å²) >= 11 is 3.44. The van der Waals surface area contributed by atoms with Crippen molar-refractivity contribution in [2.75, 3.05) is 9.80 Å². The highest BCUT2D eigenvalue weighted by Crippen LogP contribution is 2.50. The van der Waals surface area contributed by atoms with Gasteiger partial charge in [-0.2, -0.15) is 21.6 Å². The van der Waals surface area contributed by atoms with Gasteiger partial charge >= 0.3 is 15.6 Å². The monoisotopic (exact) mass is 928 g/mol. The van der Waals surface area contributed by atoms with Crippen LogP contribution >= 0.6 is 22.7 Å². The first-order valence-corrected chi connectivity index (χ1v) is 24.2. The molecule has 10 rings (SSSR count). The van der Waals surface area contributed by atoms with Gasteiger partial charge in [-0.05, 0) is 103 Å². The van der Waals surface area contributed by atoms with E-state index in [0.29, 0.717) is 22.8 Å². The number of allylic oxidation sites excluding steroid dienone is 3. The molecule has 0 amide bonds. The van der Waals surface area contributed by atoms with E-state index >= 15 is 0 Å². The van der Waals surface area contributed by atoms with Crippen LogP contribution in [-0.2, 0) is 10.1 Å². The topological polar surface area (TPSA) is 49.9 Å². The van der Waals surface area contributed by atoms with E-state index in [1.807, 2.05) is 97.9 Å².